The second-order valence-electron chi connectivity index (χ2n) is 5.07. The fraction of sp³-hybridized carbons (Fsp3) is 0.294. The number of hydrogen-bond acceptors (Lipinski definition) is 2. The molecule has 2 aromatic rings. The smallest absolute Gasteiger partial charge is 0.126 e. The Kier molecular flexibility index (Phi) is 3.97. The third-order valence-corrected chi connectivity index (χ3v) is 3.71. The van der Waals surface area contributed by atoms with Gasteiger partial charge in [0.15, 0.2) is 0 Å². The molecule has 0 fully saturated rings. The molecule has 0 amide bonds. The molecule has 0 N–H and O–H groups in total. The molecule has 20 heavy (non-hydrogen) atoms. The Labute approximate surface area is 118 Å². The standard InChI is InChI=1S/C17H18FNO/c18-17-8-4-5-14-13-19(10-9-16(14)17)11-12-20-15-6-2-1-3-7-15/h1-8H,9-13H2. The van der Waals surface area contributed by atoms with E-state index in [1.165, 1.54) is 0 Å². The van der Waals surface area contributed by atoms with E-state index in [0.717, 1.165) is 42.9 Å². The first-order chi connectivity index (χ1) is 9.83. The number of halogens is 1. The number of para-hydroxylation sites is 1. The van der Waals surface area contributed by atoms with Crippen molar-refractivity contribution in [3.8, 4) is 5.75 Å². The fourth-order valence-electron chi connectivity index (χ4n) is 2.62. The van der Waals surface area contributed by atoms with Crippen molar-refractivity contribution in [2.75, 3.05) is 19.7 Å². The monoisotopic (exact) mass is 271 g/mol. The fourth-order valence-corrected chi connectivity index (χ4v) is 2.62. The SMILES string of the molecule is Fc1cccc2c1CCN(CCOc1ccccc1)C2. The van der Waals surface area contributed by atoms with Crippen LogP contribution in [0.1, 0.15) is 11.1 Å². The summed E-state index contributed by atoms with van der Waals surface area (Å²) in [5.41, 5.74) is 1.99. The molecule has 0 aromatic heterocycles. The summed E-state index contributed by atoms with van der Waals surface area (Å²) in [5.74, 6) is 0.832. The van der Waals surface area contributed by atoms with E-state index in [1.54, 1.807) is 12.1 Å². The molecule has 0 radical (unpaired) electrons. The molecule has 1 aliphatic heterocycles. The van der Waals surface area contributed by atoms with E-state index in [2.05, 4.69) is 4.90 Å². The van der Waals surface area contributed by atoms with Gasteiger partial charge in [0.1, 0.15) is 18.2 Å². The molecule has 1 aliphatic rings. The van der Waals surface area contributed by atoms with E-state index in [1.807, 2.05) is 36.4 Å². The first-order valence-electron chi connectivity index (χ1n) is 6.99. The van der Waals surface area contributed by atoms with Crippen LogP contribution >= 0.6 is 0 Å². The number of ether oxygens (including phenoxy) is 1. The third kappa shape index (κ3) is 2.99. The summed E-state index contributed by atoms with van der Waals surface area (Å²) in [6.45, 7) is 3.23. The van der Waals surface area contributed by atoms with Crippen molar-refractivity contribution in [2.24, 2.45) is 0 Å². The predicted molar refractivity (Wildman–Crippen MR) is 77.3 cm³/mol. The molecular formula is C17H18FNO. The van der Waals surface area contributed by atoms with Crippen molar-refractivity contribution in [1.82, 2.24) is 4.90 Å². The highest BCUT2D eigenvalue weighted by atomic mass is 19.1. The minimum Gasteiger partial charge on any atom is -0.492 e. The van der Waals surface area contributed by atoms with Crippen LogP contribution in [0, 0.1) is 5.82 Å². The summed E-state index contributed by atoms with van der Waals surface area (Å²) in [7, 11) is 0. The largest absolute Gasteiger partial charge is 0.492 e. The van der Waals surface area contributed by atoms with Gasteiger partial charge in [0, 0.05) is 19.6 Å². The third-order valence-electron chi connectivity index (χ3n) is 3.71. The minimum absolute atomic E-state index is 0.0670. The van der Waals surface area contributed by atoms with Crippen LogP contribution in [0.5, 0.6) is 5.75 Å². The molecule has 0 saturated carbocycles. The molecule has 0 spiro atoms. The summed E-state index contributed by atoms with van der Waals surface area (Å²) < 4.78 is 19.3. The quantitative estimate of drug-likeness (QED) is 0.846. The van der Waals surface area contributed by atoms with Crippen molar-refractivity contribution in [1.29, 1.82) is 0 Å². The van der Waals surface area contributed by atoms with E-state index < -0.39 is 0 Å². The number of benzene rings is 2. The van der Waals surface area contributed by atoms with E-state index >= 15 is 0 Å². The second kappa shape index (κ2) is 6.06. The van der Waals surface area contributed by atoms with Gasteiger partial charge in [-0.2, -0.15) is 0 Å². The highest BCUT2D eigenvalue weighted by Crippen LogP contribution is 2.21. The lowest BCUT2D eigenvalue weighted by molar-refractivity contribution is 0.195. The first kappa shape index (κ1) is 13.1. The van der Waals surface area contributed by atoms with Crippen LogP contribution in [0.2, 0.25) is 0 Å². The van der Waals surface area contributed by atoms with Crippen LogP contribution in [0.15, 0.2) is 48.5 Å². The van der Waals surface area contributed by atoms with Crippen LogP contribution < -0.4 is 4.74 Å². The molecule has 104 valence electrons. The van der Waals surface area contributed by atoms with Crippen molar-refractivity contribution in [2.45, 2.75) is 13.0 Å². The highest BCUT2D eigenvalue weighted by Gasteiger charge is 2.18. The van der Waals surface area contributed by atoms with Gasteiger partial charge in [-0.15, -0.1) is 0 Å². The highest BCUT2D eigenvalue weighted by molar-refractivity contribution is 5.30. The van der Waals surface area contributed by atoms with Gasteiger partial charge < -0.3 is 4.74 Å². The predicted octanol–water partition coefficient (Wildman–Crippen LogP) is 3.26. The maximum Gasteiger partial charge on any atom is 0.126 e. The van der Waals surface area contributed by atoms with Gasteiger partial charge in [-0.05, 0) is 35.7 Å². The topological polar surface area (TPSA) is 12.5 Å². The molecule has 3 heteroatoms. The molecule has 0 saturated heterocycles. The van der Waals surface area contributed by atoms with Gasteiger partial charge in [0.2, 0.25) is 0 Å². The molecular weight excluding hydrogens is 253 g/mol. The van der Waals surface area contributed by atoms with Gasteiger partial charge in [0.25, 0.3) is 0 Å². The Morgan fingerprint density at radius 3 is 2.75 bits per heavy atom. The summed E-state index contributed by atoms with van der Waals surface area (Å²) in [6.07, 6.45) is 0.785. The summed E-state index contributed by atoms with van der Waals surface area (Å²) in [4.78, 5) is 2.31. The van der Waals surface area contributed by atoms with Crippen LogP contribution in [-0.4, -0.2) is 24.6 Å². The second-order valence-corrected chi connectivity index (χ2v) is 5.07. The summed E-state index contributed by atoms with van der Waals surface area (Å²) >= 11 is 0. The van der Waals surface area contributed by atoms with Gasteiger partial charge >= 0.3 is 0 Å². The van der Waals surface area contributed by atoms with E-state index in [9.17, 15) is 4.39 Å². The zero-order valence-electron chi connectivity index (χ0n) is 11.4. The normalized spacial score (nSPS) is 14.8. The summed E-state index contributed by atoms with van der Waals surface area (Å²) in [6, 6.07) is 15.2. The van der Waals surface area contributed by atoms with Crippen LogP contribution in [0.4, 0.5) is 4.39 Å². The molecule has 0 unspecified atom stereocenters. The molecule has 0 aliphatic carbocycles. The number of nitrogens with zero attached hydrogens (tertiary/aromatic N) is 1. The Morgan fingerprint density at radius 1 is 1.05 bits per heavy atom. The van der Waals surface area contributed by atoms with Crippen LogP contribution in [0.25, 0.3) is 0 Å². The zero-order chi connectivity index (χ0) is 13.8. The molecule has 1 heterocycles. The zero-order valence-corrected chi connectivity index (χ0v) is 11.4. The molecule has 3 rings (SSSR count). The van der Waals surface area contributed by atoms with Gasteiger partial charge in [-0.25, -0.2) is 4.39 Å². The van der Waals surface area contributed by atoms with E-state index in [-0.39, 0.29) is 5.82 Å². The first-order valence-corrected chi connectivity index (χ1v) is 6.99. The Hall–Kier alpha value is -1.87. The molecule has 0 atom stereocenters. The number of fused-ring (bicyclic) bond motifs is 1. The van der Waals surface area contributed by atoms with Crippen LogP contribution in [0.3, 0.4) is 0 Å². The van der Waals surface area contributed by atoms with Gasteiger partial charge in [-0.1, -0.05) is 30.3 Å². The van der Waals surface area contributed by atoms with E-state index in [0.29, 0.717) is 6.61 Å². The van der Waals surface area contributed by atoms with Crippen molar-refractivity contribution in [3.05, 3.63) is 65.5 Å². The van der Waals surface area contributed by atoms with Gasteiger partial charge in [-0.3, -0.25) is 4.90 Å². The molecule has 2 nitrogen and oxygen atoms in total. The number of hydrogen-bond donors (Lipinski definition) is 0. The van der Waals surface area contributed by atoms with Crippen molar-refractivity contribution in [3.63, 3.8) is 0 Å². The Morgan fingerprint density at radius 2 is 1.90 bits per heavy atom. The Balaban J connectivity index is 1.53. The van der Waals surface area contributed by atoms with Gasteiger partial charge in [0.05, 0.1) is 0 Å². The summed E-state index contributed by atoms with van der Waals surface area (Å²) in [5, 5.41) is 0. The number of rotatable bonds is 4. The molecule has 0 bridgehead atoms. The van der Waals surface area contributed by atoms with E-state index in [4.69, 9.17) is 4.74 Å². The molecule has 2 aromatic carbocycles. The van der Waals surface area contributed by atoms with Crippen molar-refractivity contribution < 1.29 is 9.13 Å². The average Bonchev–Trinajstić information content (AvgIpc) is 2.48. The Bertz CT molecular complexity index is 570. The lowest BCUT2D eigenvalue weighted by Crippen LogP contribution is -2.34. The average molecular weight is 271 g/mol. The lowest BCUT2D eigenvalue weighted by Gasteiger charge is -2.28. The van der Waals surface area contributed by atoms with Crippen LogP contribution in [-0.2, 0) is 13.0 Å². The van der Waals surface area contributed by atoms with Crippen molar-refractivity contribution >= 4 is 0 Å². The maximum atomic E-state index is 13.6. The minimum atomic E-state index is -0.0670. The maximum absolute atomic E-state index is 13.6. The lowest BCUT2D eigenvalue weighted by atomic mass is 9.99.